The monoisotopic (exact) mass is 268 g/mol. The molecule has 1 aromatic rings. The number of hydrogen-bond acceptors (Lipinski definition) is 3. The summed E-state index contributed by atoms with van der Waals surface area (Å²) < 4.78 is 63.4. The summed E-state index contributed by atoms with van der Waals surface area (Å²) in [7, 11) is -4.05. The molecule has 0 radical (unpaired) electrons. The van der Waals surface area contributed by atoms with Gasteiger partial charge in [-0.1, -0.05) is 0 Å². The van der Waals surface area contributed by atoms with Gasteiger partial charge in [-0.2, -0.15) is 0 Å². The Morgan fingerprint density at radius 1 is 1.18 bits per heavy atom. The van der Waals surface area contributed by atoms with Crippen molar-refractivity contribution in [1.82, 2.24) is 4.72 Å². The fourth-order valence-corrected chi connectivity index (χ4v) is 2.18. The number of nitrogens with one attached hydrogen (secondary N) is 1. The molecule has 0 atom stereocenters. The first-order chi connectivity index (χ1) is 7.88. The first-order valence-electron chi connectivity index (χ1n) is 4.73. The van der Waals surface area contributed by atoms with E-state index in [1.165, 1.54) is 0 Å². The van der Waals surface area contributed by atoms with Crippen molar-refractivity contribution in [3.05, 3.63) is 29.6 Å². The standard InChI is InChI=1S/C9H11F3N2O2S/c10-7-4-6(5-8(11)9(7)12)17(15,16)14-3-1-2-13/h4-5,14H,1-3,13H2. The number of benzene rings is 1. The smallest absolute Gasteiger partial charge is 0.240 e. The van der Waals surface area contributed by atoms with E-state index in [1.54, 1.807) is 0 Å². The van der Waals surface area contributed by atoms with E-state index in [1.807, 2.05) is 0 Å². The van der Waals surface area contributed by atoms with Crippen molar-refractivity contribution in [1.29, 1.82) is 0 Å². The molecule has 1 aromatic carbocycles. The highest BCUT2D eigenvalue weighted by molar-refractivity contribution is 7.89. The van der Waals surface area contributed by atoms with Gasteiger partial charge in [-0.25, -0.2) is 26.3 Å². The van der Waals surface area contributed by atoms with E-state index in [-0.39, 0.29) is 13.1 Å². The molecular weight excluding hydrogens is 257 g/mol. The van der Waals surface area contributed by atoms with E-state index < -0.39 is 32.4 Å². The maximum atomic E-state index is 12.8. The van der Waals surface area contributed by atoms with Crippen LogP contribution < -0.4 is 10.5 Å². The second-order valence-corrected chi connectivity index (χ2v) is 5.01. The zero-order valence-electron chi connectivity index (χ0n) is 8.71. The van der Waals surface area contributed by atoms with Crippen molar-refractivity contribution in [2.75, 3.05) is 13.1 Å². The summed E-state index contributed by atoms with van der Waals surface area (Å²) >= 11 is 0. The molecule has 17 heavy (non-hydrogen) atoms. The molecule has 0 bridgehead atoms. The van der Waals surface area contributed by atoms with Gasteiger partial charge in [0.05, 0.1) is 4.90 Å². The fraction of sp³-hybridized carbons (Fsp3) is 0.333. The van der Waals surface area contributed by atoms with Crippen LogP contribution in [0.2, 0.25) is 0 Å². The van der Waals surface area contributed by atoms with Crippen LogP contribution in [0.3, 0.4) is 0 Å². The largest absolute Gasteiger partial charge is 0.330 e. The minimum atomic E-state index is -4.05. The Labute approximate surface area is 96.7 Å². The number of hydrogen-bond donors (Lipinski definition) is 2. The second-order valence-electron chi connectivity index (χ2n) is 3.24. The van der Waals surface area contributed by atoms with Gasteiger partial charge in [0.25, 0.3) is 0 Å². The number of nitrogens with two attached hydrogens (primary N) is 1. The molecule has 0 unspecified atom stereocenters. The zero-order chi connectivity index (χ0) is 13.1. The number of halogens is 3. The molecule has 0 heterocycles. The third-order valence-electron chi connectivity index (χ3n) is 1.94. The Balaban J connectivity index is 2.99. The quantitative estimate of drug-likeness (QED) is 0.611. The summed E-state index contributed by atoms with van der Waals surface area (Å²) in [5.41, 5.74) is 5.16. The Bertz CT molecular complexity index is 482. The third-order valence-corrected chi connectivity index (χ3v) is 3.38. The molecule has 3 N–H and O–H groups in total. The summed E-state index contributed by atoms with van der Waals surface area (Å²) in [6, 6.07) is 0.840. The minimum absolute atomic E-state index is 0.0411. The lowest BCUT2D eigenvalue weighted by Crippen LogP contribution is -2.26. The molecule has 0 aliphatic carbocycles. The topological polar surface area (TPSA) is 72.2 Å². The average Bonchev–Trinajstić information content (AvgIpc) is 2.25. The molecule has 8 heteroatoms. The summed E-state index contributed by atoms with van der Waals surface area (Å²) in [5.74, 6) is -4.81. The van der Waals surface area contributed by atoms with Crippen LogP contribution in [0.5, 0.6) is 0 Å². The lowest BCUT2D eigenvalue weighted by molar-refractivity contribution is 0.442. The Morgan fingerprint density at radius 3 is 2.18 bits per heavy atom. The van der Waals surface area contributed by atoms with Crippen LogP contribution in [0, 0.1) is 17.5 Å². The van der Waals surface area contributed by atoms with E-state index in [4.69, 9.17) is 5.73 Å². The summed E-state index contributed by atoms with van der Waals surface area (Å²) in [6.45, 7) is 0.314. The van der Waals surface area contributed by atoms with E-state index in [0.29, 0.717) is 18.6 Å². The number of sulfonamides is 1. The van der Waals surface area contributed by atoms with Gasteiger partial charge in [0.2, 0.25) is 10.0 Å². The lowest BCUT2D eigenvalue weighted by Gasteiger charge is -2.06. The molecule has 0 aliphatic rings. The first kappa shape index (κ1) is 13.9. The van der Waals surface area contributed by atoms with Crippen LogP contribution in [-0.4, -0.2) is 21.5 Å². The average molecular weight is 268 g/mol. The van der Waals surface area contributed by atoms with Crippen molar-refractivity contribution in [3.8, 4) is 0 Å². The maximum absolute atomic E-state index is 12.8. The van der Waals surface area contributed by atoms with E-state index in [0.717, 1.165) is 0 Å². The fourth-order valence-electron chi connectivity index (χ4n) is 1.08. The molecule has 0 aliphatic heterocycles. The van der Waals surface area contributed by atoms with Crippen LogP contribution in [0.25, 0.3) is 0 Å². The van der Waals surface area contributed by atoms with Crippen LogP contribution in [0.15, 0.2) is 17.0 Å². The molecule has 1 rings (SSSR count). The van der Waals surface area contributed by atoms with Crippen LogP contribution in [0.4, 0.5) is 13.2 Å². The van der Waals surface area contributed by atoms with Gasteiger partial charge < -0.3 is 5.73 Å². The van der Waals surface area contributed by atoms with Crippen molar-refractivity contribution in [2.45, 2.75) is 11.3 Å². The molecule has 0 spiro atoms. The van der Waals surface area contributed by atoms with Crippen LogP contribution >= 0.6 is 0 Å². The Hall–Kier alpha value is -1.12. The molecule has 0 saturated carbocycles. The van der Waals surface area contributed by atoms with Gasteiger partial charge >= 0.3 is 0 Å². The molecule has 0 fully saturated rings. The molecule has 96 valence electrons. The van der Waals surface area contributed by atoms with Crippen molar-refractivity contribution >= 4 is 10.0 Å². The summed E-state index contributed by atoms with van der Waals surface area (Å²) in [6.07, 6.45) is 0.380. The number of rotatable bonds is 5. The Morgan fingerprint density at radius 2 is 1.71 bits per heavy atom. The molecule has 4 nitrogen and oxygen atoms in total. The first-order valence-corrected chi connectivity index (χ1v) is 6.21. The van der Waals surface area contributed by atoms with E-state index in [2.05, 4.69) is 4.72 Å². The predicted octanol–water partition coefficient (Wildman–Crippen LogP) is 0.731. The highest BCUT2D eigenvalue weighted by Crippen LogP contribution is 2.17. The van der Waals surface area contributed by atoms with Gasteiger partial charge in [0, 0.05) is 6.54 Å². The maximum Gasteiger partial charge on any atom is 0.240 e. The summed E-state index contributed by atoms with van der Waals surface area (Å²) in [5, 5.41) is 0. The molecule has 0 saturated heterocycles. The molecular formula is C9H11F3N2O2S. The predicted molar refractivity (Wildman–Crippen MR) is 55.2 cm³/mol. The van der Waals surface area contributed by atoms with Crippen molar-refractivity contribution in [2.24, 2.45) is 5.73 Å². The highest BCUT2D eigenvalue weighted by Gasteiger charge is 2.19. The van der Waals surface area contributed by atoms with E-state index in [9.17, 15) is 21.6 Å². The SMILES string of the molecule is NCCCNS(=O)(=O)c1cc(F)c(F)c(F)c1. The lowest BCUT2D eigenvalue weighted by atomic mass is 10.3. The summed E-state index contributed by atoms with van der Waals surface area (Å²) in [4.78, 5) is -0.661. The highest BCUT2D eigenvalue weighted by atomic mass is 32.2. The van der Waals surface area contributed by atoms with E-state index >= 15 is 0 Å². The van der Waals surface area contributed by atoms with Crippen LogP contribution in [0.1, 0.15) is 6.42 Å². The van der Waals surface area contributed by atoms with Crippen molar-refractivity contribution < 1.29 is 21.6 Å². The van der Waals surface area contributed by atoms with Gasteiger partial charge in [0.15, 0.2) is 17.5 Å². The van der Waals surface area contributed by atoms with Gasteiger partial charge in [-0.05, 0) is 25.1 Å². The van der Waals surface area contributed by atoms with Gasteiger partial charge in [0.1, 0.15) is 0 Å². The van der Waals surface area contributed by atoms with Crippen LogP contribution in [-0.2, 0) is 10.0 Å². The third kappa shape index (κ3) is 3.42. The molecule has 0 amide bonds. The Kier molecular flexibility index (Phi) is 4.49. The van der Waals surface area contributed by atoms with Gasteiger partial charge in [-0.3, -0.25) is 0 Å². The zero-order valence-corrected chi connectivity index (χ0v) is 9.53. The van der Waals surface area contributed by atoms with Gasteiger partial charge in [-0.15, -0.1) is 0 Å². The normalized spacial score (nSPS) is 11.8. The minimum Gasteiger partial charge on any atom is -0.330 e. The second kappa shape index (κ2) is 5.48. The molecule has 0 aromatic heterocycles. The van der Waals surface area contributed by atoms with Crippen molar-refractivity contribution in [3.63, 3.8) is 0 Å².